The highest BCUT2D eigenvalue weighted by molar-refractivity contribution is 7.99. The summed E-state index contributed by atoms with van der Waals surface area (Å²) in [6.07, 6.45) is 0. The predicted molar refractivity (Wildman–Crippen MR) is 69.0 cm³/mol. The lowest BCUT2D eigenvalue weighted by molar-refractivity contribution is 0.477. The van der Waals surface area contributed by atoms with Crippen LogP contribution < -0.4 is 0 Å². The maximum absolute atomic E-state index is 9.68. The minimum atomic E-state index is 0.195. The molecule has 0 fully saturated rings. The molecule has 5 heteroatoms. The molecule has 4 nitrogen and oxygen atoms in total. The first-order valence-electron chi connectivity index (χ1n) is 5.15. The molecular formula is C12H13N3OS. The average molecular weight is 247 g/mol. The van der Waals surface area contributed by atoms with E-state index in [2.05, 4.69) is 21.8 Å². The van der Waals surface area contributed by atoms with Crippen LogP contribution in [0.1, 0.15) is 6.92 Å². The first-order valence-corrected chi connectivity index (χ1v) is 6.13. The summed E-state index contributed by atoms with van der Waals surface area (Å²) in [5, 5.41) is 17.2. The number of hydrogen-bond donors (Lipinski definition) is 2. The highest BCUT2D eigenvalue weighted by atomic mass is 32.2. The molecule has 17 heavy (non-hydrogen) atoms. The molecule has 2 rings (SSSR count). The Morgan fingerprint density at radius 2 is 2.24 bits per heavy atom. The molecule has 1 aromatic carbocycles. The summed E-state index contributed by atoms with van der Waals surface area (Å²) >= 11 is 1.52. The van der Waals surface area contributed by atoms with Gasteiger partial charge in [0.1, 0.15) is 5.75 Å². The van der Waals surface area contributed by atoms with Crippen molar-refractivity contribution < 1.29 is 5.11 Å². The number of nitrogens with zero attached hydrogens (tertiary/aromatic N) is 2. The summed E-state index contributed by atoms with van der Waals surface area (Å²) < 4.78 is 0. The molecule has 0 spiro atoms. The lowest BCUT2D eigenvalue weighted by Gasteiger charge is -1.98. The SMILES string of the molecule is C=C(C)CSc1n[nH]c(-c2ccccc2O)n1. The lowest BCUT2D eigenvalue weighted by atomic mass is 10.2. The third-order valence-corrected chi connectivity index (χ3v) is 3.15. The van der Waals surface area contributed by atoms with Crippen LogP contribution in [0.25, 0.3) is 11.4 Å². The molecule has 0 amide bonds. The van der Waals surface area contributed by atoms with Crippen molar-refractivity contribution in [2.45, 2.75) is 12.1 Å². The van der Waals surface area contributed by atoms with Gasteiger partial charge in [-0.2, -0.15) is 0 Å². The van der Waals surface area contributed by atoms with Gasteiger partial charge in [0.25, 0.3) is 0 Å². The molecule has 0 radical (unpaired) electrons. The number of nitrogens with one attached hydrogen (secondary N) is 1. The van der Waals surface area contributed by atoms with Crippen molar-refractivity contribution in [1.82, 2.24) is 15.2 Å². The number of aromatic amines is 1. The number of thioether (sulfide) groups is 1. The van der Waals surface area contributed by atoms with Crippen molar-refractivity contribution >= 4 is 11.8 Å². The van der Waals surface area contributed by atoms with E-state index in [4.69, 9.17) is 0 Å². The van der Waals surface area contributed by atoms with Crippen LogP contribution in [0.4, 0.5) is 0 Å². The van der Waals surface area contributed by atoms with Gasteiger partial charge in [-0.05, 0) is 19.1 Å². The van der Waals surface area contributed by atoms with Gasteiger partial charge in [0.2, 0.25) is 5.16 Å². The van der Waals surface area contributed by atoms with E-state index in [1.165, 1.54) is 11.8 Å². The molecule has 2 N–H and O–H groups in total. The predicted octanol–water partition coefficient (Wildman–Crippen LogP) is 2.85. The van der Waals surface area contributed by atoms with Crippen molar-refractivity contribution in [2.24, 2.45) is 0 Å². The Kier molecular flexibility index (Phi) is 3.49. The van der Waals surface area contributed by atoms with Gasteiger partial charge < -0.3 is 5.11 Å². The van der Waals surface area contributed by atoms with Crippen LogP contribution in [-0.4, -0.2) is 26.0 Å². The highest BCUT2D eigenvalue weighted by Gasteiger charge is 2.09. The van der Waals surface area contributed by atoms with Gasteiger partial charge >= 0.3 is 0 Å². The second-order valence-electron chi connectivity index (χ2n) is 3.73. The number of hydrogen-bond acceptors (Lipinski definition) is 4. The highest BCUT2D eigenvalue weighted by Crippen LogP contribution is 2.27. The van der Waals surface area contributed by atoms with Crippen molar-refractivity contribution in [3.63, 3.8) is 0 Å². The number of benzene rings is 1. The number of para-hydroxylation sites is 1. The lowest BCUT2D eigenvalue weighted by Crippen LogP contribution is -1.82. The van der Waals surface area contributed by atoms with E-state index < -0.39 is 0 Å². The van der Waals surface area contributed by atoms with Crippen LogP contribution in [-0.2, 0) is 0 Å². The first-order chi connectivity index (χ1) is 8.16. The molecule has 0 saturated heterocycles. The third kappa shape index (κ3) is 2.88. The zero-order chi connectivity index (χ0) is 12.3. The topological polar surface area (TPSA) is 61.8 Å². The molecule has 0 atom stereocenters. The van der Waals surface area contributed by atoms with Crippen molar-refractivity contribution in [3.8, 4) is 17.1 Å². The summed E-state index contributed by atoms with van der Waals surface area (Å²) in [4.78, 5) is 4.31. The Labute approximate surface area is 104 Å². The zero-order valence-corrected chi connectivity index (χ0v) is 10.3. The van der Waals surface area contributed by atoms with Crippen molar-refractivity contribution in [3.05, 3.63) is 36.4 Å². The summed E-state index contributed by atoms with van der Waals surface area (Å²) in [6, 6.07) is 7.03. The van der Waals surface area contributed by atoms with Crippen LogP contribution in [0.15, 0.2) is 41.6 Å². The number of rotatable bonds is 4. The average Bonchev–Trinajstić information content (AvgIpc) is 2.75. The maximum atomic E-state index is 9.68. The standard InChI is InChI=1S/C12H13N3OS/c1-8(2)7-17-12-13-11(14-15-12)9-5-3-4-6-10(9)16/h3-6,16H,1,7H2,2H3,(H,13,14,15). The largest absolute Gasteiger partial charge is 0.507 e. The van der Waals surface area contributed by atoms with Gasteiger partial charge in [-0.1, -0.05) is 36.0 Å². The molecule has 0 aliphatic rings. The van der Waals surface area contributed by atoms with Gasteiger partial charge in [0.05, 0.1) is 5.56 Å². The van der Waals surface area contributed by atoms with E-state index >= 15 is 0 Å². The second-order valence-corrected chi connectivity index (χ2v) is 4.67. The Balaban J connectivity index is 2.18. The van der Waals surface area contributed by atoms with Crippen molar-refractivity contribution in [2.75, 3.05) is 5.75 Å². The fraction of sp³-hybridized carbons (Fsp3) is 0.167. The Morgan fingerprint density at radius 3 is 2.94 bits per heavy atom. The van der Waals surface area contributed by atoms with E-state index in [-0.39, 0.29) is 5.75 Å². The number of aromatic hydroxyl groups is 1. The summed E-state index contributed by atoms with van der Waals surface area (Å²) in [7, 11) is 0. The summed E-state index contributed by atoms with van der Waals surface area (Å²) in [5.41, 5.74) is 1.73. The van der Waals surface area contributed by atoms with Crippen LogP contribution in [0.3, 0.4) is 0 Å². The number of aromatic nitrogens is 3. The van der Waals surface area contributed by atoms with Gasteiger partial charge in [0, 0.05) is 5.75 Å². The van der Waals surface area contributed by atoms with Gasteiger partial charge in [0.15, 0.2) is 5.82 Å². The molecule has 0 aliphatic heterocycles. The Morgan fingerprint density at radius 1 is 1.47 bits per heavy atom. The van der Waals surface area contributed by atoms with Crippen LogP contribution in [0, 0.1) is 0 Å². The van der Waals surface area contributed by atoms with Gasteiger partial charge in [-0.15, -0.1) is 5.10 Å². The minimum absolute atomic E-state index is 0.195. The van der Waals surface area contributed by atoms with Gasteiger partial charge in [-0.25, -0.2) is 4.98 Å². The van der Waals surface area contributed by atoms with E-state index in [9.17, 15) is 5.11 Å². The molecule has 0 aliphatic carbocycles. The number of phenolic OH excluding ortho intramolecular Hbond substituents is 1. The molecule has 0 unspecified atom stereocenters. The molecule has 2 aromatic rings. The zero-order valence-electron chi connectivity index (χ0n) is 9.47. The van der Waals surface area contributed by atoms with E-state index in [0.29, 0.717) is 16.5 Å². The third-order valence-electron chi connectivity index (χ3n) is 2.07. The molecule has 1 aromatic heterocycles. The van der Waals surface area contributed by atoms with Crippen LogP contribution >= 0.6 is 11.8 Å². The van der Waals surface area contributed by atoms with E-state index in [1.807, 2.05) is 13.0 Å². The quantitative estimate of drug-likeness (QED) is 0.644. The maximum Gasteiger partial charge on any atom is 0.209 e. The number of phenols is 1. The fourth-order valence-electron chi connectivity index (χ4n) is 1.29. The van der Waals surface area contributed by atoms with Crippen LogP contribution in [0.2, 0.25) is 0 Å². The monoisotopic (exact) mass is 247 g/mol. The molecule has 88 valence electrons. The minimum Gasteiger partial charge on any atom is -0.507 e. The van der Waals surface area contributed by atoms with E-state index in [0.717, 1.165) is 11.3 Å². The number of H-pyrrole nitrogens is 1. The molecule has 0 saturated carbocycles. The van der Waals surface area contributed by atoms with Crippen molar-refractivity contribution in [1.29, 1.82) is 0 Å². The van der Waals surface area contributed by atoms with E-state index in [1.54, 1.807) is 18.2 Å². The summed E-state index contributed by atoms with van der Waals surface area (Å²) in [5.74, 6) is 1.56. The second kappa shape index (κ2) is 5.05. The normalized spacial score (nSPS) is 10.4. The fourth-order valence-corrected chi connectivity index (χ4v) is 1.93. The molecular weight excluding hydrogens is 234 g/mol. The Hall–Kier alpha value is -1.75. The molecule has 1 heterocycles. The van der Waals surface area contributed by atoms with Gasteiger partial charge in [-0.3, -0.25) is 5.10 Å². The smallest absolute Gasteiger partial charge is 0.209 e. The Bertz CT molecular complexity index is 536. The van der Waals surface area contributed by atoms with Crippen LogP contribution in [0.5, 0.6) is 5.75 Å². The summed E-state index contributed by atoms with van der Waals surface area (Å²) in [6.45, 7) is 5.78. The first kappa shape index (κ1) is 11.7. The molecule has 0 bridgehead atoms.